The Bertz CT molecular complexity index is 1790. The van der Waals surface area contributed by atoms with Crippen LogP contribution >= 0.6 is 12.1 Å². The molecule has 16 nitrogen and oxygen atoms in total. The minimum atomic E-state index is -3.10. The van der Waals surface area contributed by atoms with E-state index >= 15 is 4.39 Å². The smallest absolute Gasteiger partial charge is 0.410 e. The summed E-state index contributed by atoms with van der Waals surface area (Å²) < 4.78 is 59.2. The maximum Gasteiger partial charge on any atom is 0.410 e. The molecule has 1 aromatic carbocycles. The largest absolute Gasteiger partial charge is 0.455 e. The first kappa shape index (κ1) is 51.2. The number of nitrogen functional groups attached to an aromatic ring is 1. The van der Waals surface area contributed by atoms with Crippen LogP contribution in [0.15, 0.2) is 30.5 Å². The zero-order chi connectivity index (χ0) is 46.2. The fourth-order valence-corrected chi connectivity index (χ4v) is 8.93. The number of benzene rings is 1. The predicted molar refractivity (Wildman–Crippen MR) is 232 cm³/mol. The molecule has 62 heavy (non-hydrogen) atoms. The number of halogens is 2. The summed E-state index contributed by atoms with van der Waals surface area (Å²) in [6.45, 7) is 13.3. The zero-order valence-electron chi connectivity index (χ0n) is 38.1. The molecule has 0 radical (unpaired) electrons. The fourth-order valence-electron chi connectivity index (χ4n) is 8.93. The number of Topliss-reactive ketones (excluding diaryl/α,β-unsaturated/α-hetero) is 1. The molecule has 12 atom stereocenters. The van der Waals surface area contributed by atoms with E-state index in [9.17, 15) is 23.4 Å². The van der Waals surface area contributed by atoms with Gasteiger partial charge in [-0.1, -0.05) is 31.2 Å². The summed E-state index contributed by atoms with van der Waals surface area (Å²) >= 11 is 0.250. The van der Waals surface area contributed by atoms with Crippen LogP contribution in [-0.2, 0) is 39.8 Å². The van der Waals surface area contributed by atoms with Gasteiger partial charge in [0.15, 0.2) is 17.7 Å². The van der Waals surface area contributed by atoms with Gasteiger partial charge in [0.2, 0.25) is 0 Å². The zero-order valence-corrected chi connectivity index (χ0v) is 39.0. The third-order valence-corrected chi connectivity index (χ3v) is 12.5. The molecule has 3 fully saturated rings. The van der Waals surface area contributed by atoms with E-state index < -0.39 is 77.8 Å². The molecule has 0 spiro atoms. The molecule has 4 N–H and O–H groups in total. The van der Waals surface area contributed by atoms with Crippen molar-refractivity contribution < 1.29 is 51.5 Å². The molecule has 0 bridgehead atoms. The van der Waals surface area contributed by atoms with Crippen LogP contribution in [0.2, 0.25) is 0 Å². The van der Waals surface area contributed by atoms with E-state index in [1.54, 1.807) is 36.4 Å². The molecule has 1 amide bonds. The van der Waals surface area contributed by atoms with Gasteiger partial charge >= 0.3 is 12.1 Å². The van der Waals surface area contributed by atoms with Gasteiger partial charge in [-0.3, -0.25) is 14.4 Å². The number of unbranched alkanes of at least 4 members (excludes halogenated alkanes) is 1. The van der Waals surface area contributed by atoms with Crippen LogP contribution in [0.4, 0.5) is 18.8 Å². The van der Waals surface area contributed by atoms with E-state index in [4.69, 9.17) is 29.4 Å². The monoisotopic (exact) mass is 897 g/mol. The summed E-state index contributed by atoms with van der Waals surface area (Å²) in [6.07, 6.45) is -0.362. The van der Waals surface area contributed by atoms with Gasteiger partial charge < -0.3 is 44.7 Å². The van der Waals surface area contributed by atoms with Crippen molar-refractivity contribution in [2.45, 2.75) is 159 Å². The molecule has 3 aliphatic rings. The summed E-state index contributed by atoms with van der Waals surface area (Å²) in [6, 6.07) is 6.08. The second-order valence-corrected chi connectivity index (χ2v) is 18.0. The molecule has 5 rings (SSSR count). The van der Waals surface area contributed by atoms with E-state index in [0.717, 1.165) is 12.5 Å². The lowest BCUT2D eigenvalue weighted by Gasteiger charge is -2.45. The molecule has 2 aromatic rings. The van der Waals surface area contributed by atoms with Crippen LogP contribution in [0.3, 0.4) is 0 Å². The first-order chi connectivity index (χ1) is 29.1. The van der Waals surface area contributed by atoms with Crippen molar-refractivity contribution in [3.8, 4) is 11.3 Å². The molecular weight excluding hydrogens is 829 g/mol. The number of likely N-dealkylation sites (N-methyl/N-ethyl adjacent to an activating group) is 1. The molecule has 0 saturated carbocycles. The van der Waals surface area contributed by atoms with Gasteiger partial charge in [-0.05, 0) is 105 Å². The van der Waals surface area contributed by atoms with Crippen molar-refractivity contribution in [3.05, 3.63) is 30.5 Å². The van der Waals surface area contributed by atoms with E-state index in [-0.39, 0.29) is 36.6 Å². The number of rotatable bonds is 11. The molecule has 1 aromatic heterocycles. The number of nitrogens with two attached hydrogens (primary N) is 1. The lowest BCUT2D eigenvalue weighted by molar-refractivity contribution is -0.289. The predicted octanol–water partition coefficient (Wildman–Crippen LogP) is 5.36. The van der Waals surface area contributed by atoms with E-state index in [2.05, 4.69) is 15.6 Å². The number of aliphatic hydroxyl groups is 1. The standard InChI is InChI=1S/C42H66FN7O9.CH3FS/c1-11-33-42(7)36(50(39(54)59-42)18-13-12-17-49-24-30(46-47-49)28-15-14-16-29(44)20-28)27(4)45-23-25(2)22-40(5,55-10)34(21-32(51)41(6,43)38(53)58-33)57-37-35(52)31(48(8)9)19-26(3)56-37;1-3-2/h14-16,20,24-27,31,33-37,45,52H,11-13,17-19,21-23,44H2,1-10H3;1H3/t25-,26?,27-,31?,33-,34-,35?,36-,37+,40-,41?,42-;/m1./s1. The number of ketones is 1. The van der Waals surface area contributed by atoms with Crippen LogP contribution in [0, 0.1) is 5.92 Å². The van der Waals surface area contributed by atoms with Crippen LogP contribution in [0.25, 0.3) is 11.3 Å². The summed E-state index contributed by atoms with van der Waals surface area (Å²) in [5.41, 5.74) is 2.43. The number of aliphatic hydroxyl groups excluding tert-OH is 1. The molecule has 4 heterocycles. The number of aryl methyl sites for hydroxylation is 1. The topological polar surface area (TPSA) is 193 Å². The van der Waals surface area contributed by atoms with E-state index in [1.807, 2.05) is 64.2 Å². The van der Waals surface area contributed by atoms with Gasteiger partial charge in [0.1, 0.15) is 17.9 Å². The van der Waals surface area contributed by atoms with Crippen molar-refractivity contribution in [2.24, 2.45) is 5.92 Å². The highest BCUT2D eigenvalue weighted by atomic mass is 32.2. The molecule has 3 saturated heterocycles. The molecule has 4 unspecified atom stereocenters. The number of anilines is 1. The van der Waals surface area contributed by atoms with E-state index in [0.29, 0.717) is 56.7 Å². The second kappa shape index (κ2) is 22.0. The molecule has 0 aliphatic carbocycles. The van der Waals surface area contributed by atoms with Gasteiger partial charge in [-0.15, -0.1) is 5.10 Å². The number of aromatic nitrogens is 3. The lowest BCUT2D eigenvalue weighted by atomic mass is 9.83. The Labute approximate surface area is 369 Å². The first-order valence-corrected chi connectivity index (χ1v) is 22.6. The number of methoxy groups -OCH3 is 1. The molecular formula is C43H69F2N7O9S. The Balaban J connectivity index is 0.00000273. The van der Waals surface area contributed by atoms with Crippen molar-refractivity contribution in [3.63, 3.8) is 0 Å². The number of nitrogens with one attached hydrogen (secondary N) is 1. The summed E-state index contributed by atoms with van der Waals surface area (Å²) in [5.74, 6) is -2.58. The van der Waals surface area contributed by atoms with Crippen molar-refractivity contribution in [1.29, 1.82) is 0 Å². The number of amides is 1. The number of hydrogen-bond acceptors (Lipinski definition) is 15. The summed E-state index contributed by atoms with van der Waals surface area (Å²) in [5, 5.41) is 23.5. The van der Waals surface area contributed by atoms with Crippen molar-refractivity contribution >= 4 is 35.7 Å². The van der Waals surface area contributed by atoms with Crippen LogP contribution < -0.4 is 11.1 Å². The number of hydrogen-bond donors (Lipinski definition) is 3. The van der Waals surface area contributed by atoms with Gasteiger partial charge in [-0.25, -0.2) is 14.0 Å². The van der Waals surface area contributed by atoms with Crippen molar-refractivity contribution in [1.82, 2.24) is 30.1 Å². The highest BCUT2D eigenvalue weighted by Gasteiger charge is 2.59. The first-order valence-electron chi connectivity index (χ1n) is 21.4. The van der Waals surface area contributed by atoms with Crippen LogP contribution in [0.1, 0.15) is 87.0 Å². The number of cyclic esters (lactones) is 1. The number of carbonyl (C=O) groups is 3. The van der Waals surface area contributed by atoms with Gasteiger partial charge in [0, 0.05) is 68.4 Å². The number of esters is 1. The Morgan fingerprint density at radius 3 is 2.44 bits per heavy atom. The molecule has 3 aliphatic heterocycles. The fraction of sp³-hybridized carbons (Fsp3) is 0.744. The van der Waals surface area contributed by atoms with Gasteiger partial charge in [0.25, 0.3) is 5.67 Å². The highest BCUT2D eigenvalue weighted by Crippen LogP contribution is 2.40. The minimum absolute atomic E-state index is 0.103. The third kappa shape index (κ3) is 12.0. The maximum absolute atomic E-state index is 16.7. The van der Waals surface area contributed by atoms with Crippen molar-refractivity contribution in [2.75, 3.05) is 46.3 Å². The number of fused-ring (bicyclic) bond motifs is 1. The Morgan fingerprint density at radius 2 is 1.81 bits per heavy atom. The normalized spacial score (nSPS) is 35.0. The number of alkyl halides is 1. The SMILES string of the molecule is CC[C@H]1OC(=O)C(C)(F)C(=O)C[C@@H](O[C@@H]2OC(C)CC(N(C)C)C2O)[C@](C)(OC)C[C@@H](C)CN[C@H](C)[C@H]2N(CCCCn3cc(-c4cccc(N)c4)nn3)C(=O)O[C@]12C.CSF. The Morgan fingerprint density at radius 1 is 1.13 bits per heavy atom. The molecule has 350 valence electrons. The number of nitrogens with zero attached hydrogens (tertiary/aromatic N) is 5. The average Bonchev–Trinajstić information content (AvgIpc) is 3.79. The minimum Gasteiger partial charge on any atom is -0.455 e. The Hall–Kier alpha value is -3.46. The van der Waals surface area contributed by atoms with Crippen LogP contribution in [0.5, 0.6) is 0 Å². The summed E-state index contributed by atoms with van der Waals surface area (Å²) in [7, 11) is 5.19. The van der Waals surface area contributed by atoms with Gasteiger partial charge in [-0.2, -0.15) is 3.89 Å². The lowest BCUT2D eigenvalue weighted by Crippen LogP contribution is -2.61. The second-order valence-electron chi connectivity index (χ2n) is 17.7. The maximum atomic E-state index is 16.7. The quantitative estimate of drug-likeness (QED) is 0.113. The molecule has 19 heteroatoms. The van der Waals surface area contributed by atoms with Gasteiger partial charge in [0.05, 0.1) is 30.0 Å². The van der Waals surface area contributed by atoms with E-state index in [1.165, 1.54) is 13.4 Å². The summed E-state index contributed by atoms with van der Waals surface area (Å²) in [4.78, 5) is 45.1. The highest BCUT2D eigenvalue weighted by molar-refractivity contribution is 7.93. The van der Waals surface area contributed by atoms with Crippen LogP contribution in [-0.4, -0.2) is 154 Å². The number of ether oxygens (including phenoxy) is 5. The average molecular weight is 898 g/mol. The Kier molecular flexibility index (Phi) is 18.1. The third-order valence-electron chi connectivity index (χ3n) is 12.5. The number of carbonyl (C=O) groups excluding carboxylic acids is 3.